The molecule has 0 radical (unpaired) electrons. The van der Waals surface area contributed by atoms with Gasteiger partial charge >= 0.3 is 0 Å². The summed E-state index contributed by atoms with van der Waals surface area (Å²) in [5.41, 5.74) is 0.640. The minimum Gasteiger partial charge on any atom is -0.361 e. The van der Waals surface area contributed by atoms with Crippen LogP contribution >= 0.6 is 0 Å². The van der Waals surface area contributed by atoms with Gasteiger partial charge in [-0.3, -0.25) is 14.9 Å². The molecule has 0 amide bonds. The topological polar surface area (TPSA) is 86.2 Å². The van der Waals surface area contributed by atoms with Crippen molar-refractivity contribution in [2.24, 2.45) is 0 Å². The predicted octanol–water partition coefficient (Wildman–Crippen LogP) is 3.42. The number of benzene rings is 1. The van der Waals surface area contributed by atoms with Gasteiger partial charge < -0.3 is 4.52 Å². The fourth-order valence-electron chi connectivity index (χ4n) is 2.00. The molecule has 2 aromatic rings. The first-order valence-electron chi connectivity index (χ1n) is 6.46. The number of nitrogens with zero attached hydrogens (tertiary/aromatic N) is 2. The van der Waals surface area contributed by atoms with Crippen LogP contribution in [0.25, 0.3) is 0 Å². The second kappa shape index (κ2) is 5.12. The van der Waals surface area contributed by atoms with E-state index in [1.54, 1.807) is 13.0 Å². The highest BCUT2D eigenvalue weighted by Crippen LogP contribution is 2.30. The lowest BCUT2D eigenvalue weighted by Gasteiger charge is -2.19. The molecule has 1 heterocycles. The maximum atomic E-state index is 12.4. The fourth-order valence-corrected chi connectivity index (χ4v) is 2.00. The Labute approximate surface area is 121 Å². The number of nitro groups is 1. The van der Waals surface area contributed by atoms with Gasteiger partial charge in [0.25, 0.3) is 5.69 Å². The fraction of sp³-hybridized carbons (Fsp3) is 0.333. The molecular formula is C15H16N2O4. The van der Waals surface area contributed by atoms with E-state index in [1.807, 2.05) is 20.8 Å². The van der Waals surface area contributed by atoms with E-state index in [1.165, 1.54) is 18.3 Å². The lowest BCUT2D eigenvalue weighted by Crippen LogP contribution is -2.13. The zero-order chi connectivity index (χ0) is 15.8. The lowest BCUT2D eigenvalue weighted by atomic mass is 9.85. The molecule has 1 aromatic heterocycles. The average molecular weight is 288 g/mol. The summed E-state index contributed by atoms with van der Waals surface area (Å²) in [6.45, 7) is 7.46. The minimum absolute atomic E-state index is 0.0410. The van der Waals surface area contributed by atoms with Crippen LogP contribution in [0.3, 0.4) is 0 Å². The van der Waals surface area contributed by atoms with Crippen molar-refractivity contribution in [3.63, 3.8) is 0 Å². The number of aryl methyl sites for hydroxylation is 1. The molecule has 0 N–H and O–H groups in total. The van der Waals surface area contributed by atoms with Gasteiger partial charge in [-0.25, -0.2) is 0 Å². The molecule has 21 heavy (non-hydrogen) atoms. The summed E-state index contributed by atoms with van der Waals surface area (Å²) in [6.07, 6.45) is 1.28. The molecule has 6 heteroatoms. The lowest BCUT2D eigenvalue weighted by molar-refractivity contribution is -0.385. The van der Waals surface area contributed by atoms with Crippen LogP contribution in [0.5, 0.6) is 0 Å². The Morgan fingerprint density at radius 2 is 1.95 bits per heavy atom. The first kappa shape index (κ1) is 14.9. The highest BCUT2D eigenvalue weighted by molar-refractivity contribution is 6.11. The summed E-state index contributed by atoms with van der Waals surface area (Å²) in [6, 6.07) is 4.69. The van der Waals surface area contributed by atoms with E-state index in [2.05, 4.69) is 5.16 Å². The van der Waals surface area contributed by atoms with E-state index < -0.39 is 10.7 Å². The van der Waals surface area contributed by atoms with E-state index in [0.29, 0.717) is 5.76 Å². The molecular weight excluding hydrogens is 272 g/mol. The predicted molar refractivity (Wildman–Crippen MR) is 76.5 cm³/mol. The van der Waals surface area contributed by atoms with Gasteiger partial charge in [0.05, 0.1) is 16.7 Å². The summed E-state index contributed by atoms with van der Waals surface area (Å²) < 4.78 is 4.84. The van der Waals surface area contributed by atoms with Crippen molar-refractivity contribution in [2.45, 2.75) is 33.1 Å². The summed E-state index contributed by atoms with van der Waals surface area (Å²) >= 11 is 0. The number of hydrogen-bond donors (Lipinski definition) is 0. The van der Waals surface area contributed by atoms with Gasteiger partial charge in [-0.2, -0.15) is 0 Å². The summed E-state index contributed by atoms with van der Waals surface area (Å²) in [5, 5.41) is 14.8. The largest absolute Gasteiger partial charge is 0.361 e. The Bertz CT molecular complexity index is 711. The van der Waals surface area contributed by atoms with Crippen LogP contribution in [-0.4, -0.2) is 15.9 Å². The van der Waals surface area contributed by atoms with Gasteiger partial charge in [-0.05, 0) is 24.0 Å². The number of hydrogen-bond acceptors (Lipinski definition) is 5. The van der Waals surface area contributed by atoms with Crippen molar-refractivity contribution in [1.82, 2.24) is 5.16 Å². The van der Waals surface area contributed by atoms with Gasteiger partial charge in [0.15, 0.2) is 0 Å². The quantitative estimate of drug-likeness (QED) is 0.490. The average Bonchev–Trinajstić information content (AvgIpc) is 2.82. The number of carbonyl (C=O) groups excluding carboxylic acids is 1. The molecule has 6 nitrogen and oxygen atoms in total. The summed E-state index contributed by atoms with van der Waals surface area (Å²) in [4.78, 5) is 23.1. The minimum atomic E-state index is -0.536. The zero-order valence-electron chi connectivity index (χ0n) is 12.3. The van der Waals surface area contributed by atoms with Crippen molar-refractivity contribution in [3.05, 3.63) is 57.0 Å². The molecule has 0 aliphatic rings. The Morgan fingerprint density at radius 3 is 2.43 bits per heavy atom. The van der Waals surface area contributed by atoms with Crippen LogP contribution in [-0.2, 0) is 5.41 Å². The van der Waals surface area contributed by atoms with Gasteiger partial charge in [-0.15, -0.1) is 0 Å². The van der Waals surface area contributed by atoms with E-state index in [9.17, 15) is 14.9 Å². The maximum absolute atomic E-state index is 12.4. The van der Waals surface area contributed by atoms with Crippen LogP contribution < -0.4 is 0 Å². The first-order chi connectivity index (χ1) is 9.71. The molecule has 0 atom stereocenters. The molecule has 2 rings (SSSR count). The molecule has 1 aromatic carbocycles. The molecule has 110 valence electrons. The standard InChI is InChI=1S/C15H16N2O4/c1-9-12(8-16-21-9)14(18)11-6-5-10(15(2,3)4)7-13(11)17(19)20/h5-8H,1-4H3. The van der Waals surface area contributed by atoms with Crippen molar-refractivity contribution in [3.8, 4) is 0 Å². The molecule has 0 saturated heterocycles. The van der Waals surface area contributed by atoms with Gasteiger partial charge in [0.1, 0.15) is 11.3 Å². The maximum Gasteiger partial charge on any atom is 0.280 e. The number of carbonyl (C=O) groups is 1. The third-order valence-electron chi connectivity index (χ3n) is 3.30. The summed E-state index contributed by atoms with van der Waals surface area (Å²) in [7, 11) is 0. The Morgan fingerprint density at radius 1 is 1.29 bits per heavy atom. The Balaban J connectivity index is 2.57. The van der Waals surface area contributed by atoms with Crippen LogP contribution in [0.15, 0.2) is 28.9 Å². The van der Waals surface area contributed by atoms with E-state index >= 15 is 0 Å². The van der Waals surface area contributed by atoms with E-state index in [0.717, 1.165) is 5.56 Å². The molecule has 0 aliphatic heterocycles. The summed E-state index contributed by atoms with van der Waals surface area (Å²) in [5.74, 6) is -0.116. The molecule has 0 fully saturated rings. The monoisotopic (exact) mass is 288 g/mol. The molecule has 0 saturated carbocycles. The normalized spacial score (nSPS) is 11.4. The van der Waals surface area contributed by atoms with Gasteiger partial charge in [-0.1, -0.05) is 32.0 Å². The number of nitro benzene ring substituents is 1. The van der Waals surface area contributed by atoms with Crippen LogP contribution in [0.1, 0.15) is 48.0 Å². The number of rotatable bonds is 3. The smallest absolute Gasteiger partial charge is 0.280 e. The van der Waals surface area contributed by atoms with Crippen molar-refractivity contribution < 1.29 is 14.2 Å². The SMILES string of the molecule is Cc1oncc1C(=O)c1ccc(C(C)(C)C)cc1[N+](=O)[O-]. The zero-order valence-corrected chi connectivity index (χ0v) is 12.3. The van der Waals surface area contributed by atoms with Gasteiger partial charge in [0, 0.05) is 6.07 Å². The van der Waals surface area contributed by atoms with Crippen LogP contribution in [0.2, 0.25) is 0 Å². The van der Waals surface area contributed by atoms with Crippen molar-refractivity contribution in [2.75, 3.05) is 0 Å². The van der Waals surface area contributed by atoms with Crippen molar-refractivity contribution in [1.29, 1.82) is 0 Å². The molecule has 0 unspecified atom stereocenters. The molecule has 0 aliphatic carbocycles. The van der Waals surface area contributed by atoms with E-state index in [-0.39, 0.29) is 22.2 Å². The van der Waals surface area contributed by atoms with Gasteiger partial charge in [0.2, 0.25) is 5.78 Å². The van der Waals surface area contributed by atoms with Crippen LogP contribution in [0.4, 0.5) is 5.69 Å². The second-order valence-corrected chi connectivity index (χ2v) is 5.86. The first-order valence-corrected chi connectivity index (χ1v) is 6.46. The molecule has 0 spiro atoms. The number of aromatic nitrogens is 1. The van der Waals surface area contributed by atoms with Crippen molar-refractivity contribution >= 4 is 11.5 Å². The highest BCUT2D eigenvalue weighted by Gasteiger charge is 2.26. The third-order valence-corrected chi connectivity index (χ3v) is 3.30. The third kappa shape index (κ3) is 2.84. The Kier molecular flexibility index (Phi) is 3.63. The van der Waals surface area contributed by atoms with E-state index in [4.69, 9.17) is 4.52 Å². The second-order valence-electron chi connectivity index (χ2n) is 5.86. The Hall–Kier alpha value is -2.50. The van der Waals surface area contributed by atoms with Crippen LogP contribution in [0, 0.1) is 17.0 Å². The number of ketones is 1. The molecule has 0 bridgehead atoms. The highest BCUT2D eigenvalue weighted by atomic mass is 16.6.